The third kappa shape index (κ3) is 5.94. The molecule has 0 bridgehead atoms. The molecule has 3 aromatic carbocycles. The van der Waals surface area contributed by atoms with Crippen LogP contribution >= 0.6 is 11.8 Å². The van der Waals surface area contributed by atoms with Crippen molar-refractivity contribution in [2.75, 3.05) is 0 Å². The summed E-state index contributed by atoms with van der Waals surface area (Å²) in [6, 6.07) is 24.2. The Morgan fingerprint density at radius 2 is 1.46 bits per heavy atom. The molecular formula is C28H23F3N2O3S. The lowest BCUT2D eigenvalue weighted by atomic mass is 9.84. The van der Waals surface area contributed by atoms with Gasteiger partial charge in [0.15, 0.2) is 0 Å². The van der Waals surface area contributed by atoms with Gasteiger partial charge in [-0.2, -0.15) is 13.2 Å². The van der Waals surface area contributed by atoms with Crippen molar-refractivity contribution in [2.24, 2.45) is 0 Å². The number of carboxylic acid groups (broad SMARTS) is 1. The van der Waals surface area contributed by atoms with Crippen LogP contribution < -0.4 is 4.74 Å². The highest BCUT2D eigenvalue weighted by Crippen LogP contribution is 2.49. The molecule has 0 aliphatic carbocycles. The summed E-state index contributed by atoms with van der Waals surface area (Å²) in [7, 11) is 0. The fourth-order valence-corrected chi connectivity index (χ4v) is 5.46. The average molecular weight is 525 g/mol. The first kappa shape index (κ1) is 26.2. The molecule has 0 aliphatic rings. The highest BCUT2D eigenvalue weighted by molar-refractivity contribution is 7.99. The standard InChI is InChI=1S/C28H23F3N2O3S/c1-19-16-17-32-26(33-19)36-24(25(34)35)27(21-10-6-3-7-11-21,37-18-20-8-4-2-5-9-20)22-12-14-23(15-13-22)28(29,30)31/h2-17,24H,18H2,1H3,(H,34,35)/t24-,27-/m0/s1. The van der Waals surface area contributed by atoms with E-state index in [2.05, 4.69) is 9.97 Å². The van der Waals surface area contributed by atoms with E-state index in [0.29, 0.717) is 22.6 Å². The second-order valence-electron chi connectivity index (χ2n) is 8.27. The maximum Gasteiger partial charge on any atom is 0.416 e. The topological polar surface area (TPSA) is 72.3 Å². The molecule has 0 radical (unpaired) electrons. The molecule has 4 aromatic rings. The summed E-state index contributed by atoms with van der Waals surface area (Å²) in [6.07, 6.45) is -4.67. The average Bonchev–Trinajstić information content (AvgIpc) is 2.89. The van der Waals surface area contributed by atoms with Crippen LogP contribution in [0, 0.1) is 6.92 Å². The lowest BCUT2D eigenvalue weighted by Gasteiger charge is -2.38. The van der Waals surface area contributed by atoms with E-state index in [9.17, 15) is 23.1 Å². The number of aromatic nitrogens is 2. The van der Waals surface area contributed by atoms with Crippen molar-refractivity contribution in [1.82, 2.24) is 9.97 Å². The Balaban J connectivity index is 1.92. The van der Waals surface area contributed by atoms with Crippen molar-refractivity contribution >= 4 is 17.7 Å². The first-order valence-electron chi connectivity index (χ1n) is 11.3. The zero-order valence-electron chi connectivity index (χ0n) is 19.7. The minimum Gasteiger partial charge on any atom is -0.478 e. The molecule has 2 atom stereocenters. The Bertz CT molecular complexity index is 1340. The summed E-state index contributed by atoms with van der Waals surface area (Å²) in [5, 5.41) is 10.5. The number of hydrogen-bond acceptors (Lipinski definition) is 5. The van der Waals surface area contributed by atoms with Gasteiger partial charge in [-0.1, -0.05) is 72.8 Å². The first-order chi connectivity index (χ1) is 17.7. The SMILES string of the molecule is Cc1ccnc(O[C@@H](C(=O)O)[C@](SCc2ccccc2)(c2ccccc2)c2ccc(C(F)(F)F)cc2)n1. The maximum atomic E-state index is 13.4. The third-order valence-corrected chi connectivity index (χ3v) is 7.36. The van der Waals surface area contributed by atoms with Crippen molar-refractivity contribution in [3.63, 3.8) is 0 Å². The number of aryl methyl sites for hydroxylation is 1. The van der Waals surface area contributed by atoms with Gasteiger partial charge in [0, 0.05) is 17.6 Å². The van der Waals surface area contributed by atoms with E-state index in [4.69, 9.17) is 4.74 Å². The van der Waals surface area contributed by atoms with Crippen LogP contribution in [0.1, 0.15) is 27.9 Å². The van der Waals surface area contributed by atoms with Crippen LogP contribution in [0.15, 0.2) is 97.2 Å². The molecule has 1 aromatic heterocycles. The van der Waals surface area contributed by atoms with Crippen molar-refractivity contribution in [3.8, 4) is 6.01 Å². The Morgan fingerprint density at radius 1 is 0.892 bits per heavy atom. The number of thioether (sulfide) groups is 1. The number of rotatable bonds is 9. The number of hydrogen-bond donors (Lipinski definition) is 1. The molecule has 4 rings (SSSR count). The van der Waals surface area contributed by atoms with E-state index in [1.54, 1.807) is 43.3 Å². The zero-order chi connectivity index (χ0) is 26.5. The molecule has 0 saturated carbocycles. The molecule has 0 saturated heterocycles. The van der Waals surface area contributed by atoms with Crippen LogP contribution in [0.5, 0.6) is 6.01 Å². The lowest BCUT2D eigenvalue weighted by Crippen LogP contribution is -2.47. The number of carboxylic acids is 1. The van der Waals surface area contributed by atoms with E-state index in [1.165, 1.54) is 30.1 Å². The predicted molar refractivity (Wildman–Crippen MR) is 135 cm³/mol. The van der Waals surface area contributed by atoms with Gasteiger partial charge in [-0.25, -0.2) is 14.8 Å². The summed E-state index contributed by atoms with van der Waals surface area (Å²) in [4.78, 5) is 21.1. The van der Waals surface area contributed by atoms with Crippen molar-refractivity contribution in [2.45, 2.75) is 29.7 Å². The number of alkyl halides is 3. The molecule has 1 N–H and O–H groups in total. The molecule has 1 heterocycles. The second-order valence-corrected chi connectivity index (χ2v) is 9.49. The van der Waals surface area contributed by atoms with E-state index < -0.39 is 28.6 Å². The quantitative estimate of drug-likeness (QED) is 0.269. The molecular weight excluding hydrogens is 501 g/mol. The van der Waals surface area contributed by atoms with Crippen LogP contribution in [0.2, 0.25) is 0 Å². The van der Waals surface area contributed by atoms with E-state index in [0.717, 1.165) is 17.7 Å². The van der Waals surface area contributed by atoms with Gasteiger partial charge < -0.3 is 9.84 Å². The van der Waals surface area contributed by atoms with E-state index in [1.807, 2.05) is 30.3 Å². The van der Waals surface area contributed by atoms with Crippen LogP contribution in [-0.2, 0) is 21.5 Å². The van der Waals surface area contributed by atoms with Crippen molar-refractivity contribution < 1.29 is 27.8 Å². The van der Waals surface area contributed by atoms with Gasteiger partial charge in [0.2, 0.25) is 6.10 Å². The summed E-state index contributed by atoms with van der Waals surface area (Å²) < 4.78 is 44.6. The molecule has 0 amide bonds. The molecule has 0 aliphatic heterocycles. The number of benzene rings is 3. The fourth-order valence-electron chi connectivity index (χ4n) is 3.97. The van der Waals surface area contributed by atoms with E-state index >= 15 is 0 Å². The number of ether oxygens (including phenoxy) is 1. The molecule has 190 valence electrons. The van der Waals surface area contributed by atoms with Gasteiger partial charge in [0.05, 0.1) is 5.56 Å². The van der Waals surface area contributed by atoms with Crippen LogP contribution in [0.3, 0.4) is 0 Å². The number of carbonyl (C=O) groups is 1. The van der Waals surface area contributed by atoms with Crippen molar-refractivity contribution in [3.05, 3.63) is 125 Å². The largest absolute Gasteiger partial charge is 0.478 e. The summed E-state index contributed by atoms with van der Waals surface area (Å²) in [5.74, 6) is -0.951. The Labute approximate surface area is 216 Å². The number of aliphatic carboxylic acids is 1. The molecule has 9 heteroatoms. The van der Waals surface area contributed by atoms with E-state index in [-0.39, 0.29) is 6.01 Å². The molecule has 5 nitrogen and oxygen atoms in total. The minimum absolute atomic E-state index is 0.139. The molecule has 37 heavy (non-hydrogen) atoms. The molecule has 0 spiro atoms. The molecule has 0 unspecified atom stereocenters. The highest BCUT2D eigenvalue weighted by Gasteiger charge is 2.49. The normalized spacial score (nSPS) is 13.9. The van der Waals surface area contributed by atoms with Crippen LogP contribution in [-0.4, -0.2) is 27.1 Å². The van der Waals surface area contributed by atoms with Gasteiger partial charge in [-0.3, -0.25) is 0 Å². The number of nitrogens with zero attached hydrogens (tertiary/aromatic N) is 2. The second kappa shape index (κ2) is 11.0. The van der Waals surface area contributed by atoms with Crippen LogP contribution in [0.25, 0.3) is 0 Å². The van der Waals surface area contributed by atoms with Gasteiger partial charge in [-0.05, 0) is 41.8 Å². The Kier molecular flexibility index (Phi) is 7.83. The monoisotopic (exact) mass is 524 g/mol. The first-order valence-corrected chi connectivity index (χ1v) is 12.3. The third-order valence-electron chi connectivity index (χ3n) is 5.74. The number of halogens is 3. The Hall–Kier alpha value is -3.85. The summed E-state index contributed by atoms with van der Waals surface area (Å²) >= 11 is 1.26. The molecule has 0 fully saturated rings. The zero-order valence-corrected chi connectivity index (χ0v) is 20.5. The highest BCUT2D eigenvalue weighted by atomic mass is 32.2. The van der Waals surface area contributed by atoms with Gasteiger partial charge >= 0.3 is 18.2 Å². The van der Waals surface area contributed by atoms with Crippen LogP contribution in [0.4, 0.5) is 13.2 Å². The fraction of sp³-hybridized carbons (Fsp3) is 0.179. The minimum atomic E-state index is -4.54. The van der Waals surface area contributed by atoms with Gasteiger partial charge in [0.1, 0.15) is 4.75 Å². The van der Waals surface area contributed by atoms with Crippen molar-refractivity contribution in [1.29, 1.82) is 0 Å². The van der Waals surface area contributed by atoms with Gasteiger partial charge in [-0.15, -0.1) is 11.8 Å². The summed E-state index contributed by atoms with van der Waals surface area (Å²) in [5.41, 5.74) is 1.55. The Morgan fingerprint density at radius 3 is 2.03 bits per heavy atom. The summed E-state index contributed by atoms with van der Waals surface area (Å²) in [6.45, 7) is 1.72. The maximum absolute atomic E-state index is 13.4. The predicted octanol–water partition coefficient (Wildman–Crippen LogP) is 6.51. The lowest BCUT2D eigenvalue weighted by molar-refractivity contribution is -0.146. The van der Waals surface area contributed by atoms with Gasteiger partial charge in [0.25, 0.3) is 0 Å². The smallest absolute Gasteiger partial charge is 0.416 e.